The molecule has 25 heteroatoms. The van der Waals surface area contributed by atoms with E-state index in [1.165, 1.54) is 42.2 Å². The molecule has 9 rings (SSSR count). The van der Waals surface area contributed by atoms with Crippen LogP contribution in [0.15, 0.2) is 127 Å². The quantitative estimate of drug-likeness (QED) is 0.0200. The number of ether oxygens (including phenoxy) is 1. The van der Waals surface area contributed by atoms with Crippen molar-refractivity contribution in [3.05, 3.63) is 181 Å². The van der Waals surface area contributed by atoms with Crippen LogP contribution in [0.4, 0.5) is 21.9 Å². The first-order chi connectivity index (χ1) is 41.4. The average Bonchev–Trinajstić information content (AvgIpc) is 1.35. The van der Waals surface area contributed by atoms with Gasteiger partial charge < -0.3 is 30.9 Å². The van der Waals surface area contributed by atoms with Gasteiger partial charge in [0.25, 0.3) is 46.8 Å². The third-order valence-corrected chi connectivity index (χ3v) is 14.8. The van der Waals surface area contributed by atoms with Gasteiger partial charge in [-0.05, 0) is 78.9 Å². The largest absolute Gasteiger partial charge is 0.445 e. The number of nitrogens with zero attached hydrogens (tertiary/aromatic N) is 6. The number of nitro benzene ring substituents is 2. The van der Waals surface area contributed by atoms with Crippen molar-refractivity contribution in [2.45, 2.75) is 64.1 Å². The van der Waals surface area contributed by atoms with Gasteiger partial charge >= 0.3 is 6.09 Å². The summed E-state index contributed by atoms with van der Waals surface area (Å²) >= 11 is 0. The van der Waals surface area contributed by atoms with Crippen LogP contribution in [0.25, 0.3) is 21.5 Å². The summed E-state index contributed by atoms with van der Waals surface area (Å²) in [7, 11) is 0. The number of rotatable bonds is 27. The first-order valence-electron chi connectivity index (χ1n) is 27.7. The van der Waals surface area contributed by atoms with Crippen LogP contribution in [0, 0.1) is 20.2 Å². The number of nitro groups is 2. The van der Waals surface area contributed by atoms with Gasteiger partial charge in [-0.15, -0.1) is 0 Å². The van der Waals surface area contributed by atoms with Gasteiger partial charge in [0, 0.05) is 116 Å². The Kier molecular flexibility index (Phi) is 18.7. The van der Waals surface area contributed by atoms with E-state index in [1.807, 2.05) is 0 Å². The maximum absolute atomic E-state index is 14.0. The molecule has 6 aromatic carbocycles. The Balaban J connectivity index is 0.808. The minimum atomic E-state index is -1.08. The Morgan fingerprint density at radius 1 is 0.570 bits per heavy atom. The molecule has 0 bridgehead atoms. The molecule has 0 fully saturated rings. The number of unbranched alkanes of at least 4 members (excludes halogenated alkanes) is 2. The molecule has 2 atom stereocenters. The van der Waals surface area contributed by atoms with Crippen molar-refractivity contribution in [1.82, 2.24) is 35.6 Å². The molecule has 0 aromatic heterocycles. The fourth-order valence-electron chi connectivity index (χ4n) is 10.4. The number of non-ortho nitro benzene ring substituents is 2. The van der Waals surface area contributed by atoms with E-state index in [1.54, 1.807) is 84.9 Å². The van der Waals surface area contributed by atoms with Crippen LogP contribution < -0.4 is 21.3 Å². The lowest BCUT2D eigenvalue weighted by atomic mass is 9.93. The van der Waals surface area contributed by atoms with E-state index in [0.29, 0.717) is 46.7 Å². The van der Waals surface area contributed by atoms with E-state index in [9.17, 15) is 68.2 Å². The maximum atomic E-state index is 14.0. The first-order valence-corrected chi connectivity index (χ1v) is 27.7. The zero-order chi connectivity index (χ0) is 61.2. The molecule has 3 heterocycles. The summed E-state index contributed by atoms with van der Waals surface area (Å²) in [6, 6.07) is 27.4. The molecule has 0 radical (unpaired) electrons. The summed E-state index contributed by atoms with van der Waals surface area (Å²) in [6.45, 7) is 1.15. The number of benzene rings is 6. The summed E-state index contributed by atoms with van der Waals surface area (Å²) in [5.41, 5.74) is 1.28. The van der Waals surface area contributed by atoms with E-state index >= 15 is 0 Å². The molecule has 1 unspecified atom stereocenters. The molecule has 0 saturated carbocycles. The number of carbonyl (C=O) groups excluding carboxylic acids is 10. The van der Waals surface area contributed by atoms with Crippen LogP contribution in [-0.2, 0) is 41.7 Å². The van der Waals surface area contributed by atoms with Gasteiger partial charge in [-0.3, -0.25) is 78.1 Å². The first kappa shape index (κ1) is 60.0. The number of nitrogens with one attached hydrogen (secondary N) is 4. The molecule has 3 aliphatic rings. The number of imide groups is 3. The second kappa shape index (κ2) is 26.8. The van der Waals surface area contributed by atoms with Crippen molar-refractivity contribution in [2.75, 3.05) is 51.1 Å². The summed E-state index contributed by atoms with van der Waals surface area (Å²) in [6.07, 6.45) is 3.56. The van der Waals surface area contributed by atoms with E-state index in [0.717, 1.165) is 32.4 Å². The minimum absolute atomic E-state index is 0.00419. The van der Waals surface area contributed by atoms with E-state index in [-0.39, 0.29) is 123 Å². The standard InChI is InChI=1S/C61H58N10O15/c1-37(63-50(72)17-6-3-7-27-67-51(73)22-23-52(67)74)55(75)65-49(31-38-11-4-2-5-12-38)56(76)64-42-20-18-39(19-21-42)36-86-61(81)66(29-30-69-58(78)46-16-9-14-41-33-44(71(84)85)35-48(54(41)46)60(69)80)26-10-24-62-25-28-68-57(77)45-15-8-13-40-32-43(70(82)83)34-47(53(40)45)59(68)79/h2,4-5,8-9,11-16,18-23,32-35,37,49,62H,3,6-7,10,17,24-31,36H2,1H3,(H,63,72)(H,64,76)(H,65,75)/t37?,49-/m0/s1. The third-order valence-electron chi connectivity index (χ3n) is 14.8. The minimum Gasteiger partial charge on any atom is -0.445 e. The van der Waals surface area contributed by atoms with Gasteiger partial charge in [0.15, 0.2) is 0 Å². The van der Waals surface area contributed by atoms with Crippen molar-refractivity contribution in [3.63, 3.8) is 0 Å². The lowest BCUT2D eigenvalue weighted by molar-refractivity contribution is -0.384. The van der Waals surface area contributed by atoms with Crippen LogP contribution in [0.3, 0.4) is 0 Å². The topological polar surface area (TPSA) is 327 Å². The Bertz CT molecular complexity index is 3760. The van der Waals surface area contributed by atoms with Crippen molar-refractivity contribution in [2.24, 2.45) is 0 Å². The third kappa shape index (κ3) is 13.7. The Labute approximate surface area is 490 Å². The van der Waals surface area contributed by atoms with Gasteiger partial charge in [0.05, 0.1) is 21.0 Å². The predicted molar refractivity (Wildman–Crippen MR) is 310 cm³/mol. The monoisotopic (exact) mass is 1170 g/mol. The van der Waals surface area contributed by atoms with Gasteiger partial charge in [-0.1, -0.05) is 73.2 Å². The van der Waals surface area contributed by atoms with Crippen LogP contribution in [-0.4, -0.2) is 147 Å². The summed E-state index contributed by atoms with van der Waals surface area (Å²) in [5, 5.41) is 36.2. The molecule has 0 saturated heterocycles. The zero-order valence-corrected chi connectivity index (χ0v) is 46.5. The van der Waals surface area contributed by atoms with Crippen LogP contribution in [0.2, 0.25) is 0 Å². The molecule has 10 amide bonds. The maximum Gasteiger partial charge on any atom is 0.410 e. The van der Waals surface area contributed by atoms with E-state index in [4.69, 9.17) is 4.74 Å². The molecule has 3 aliphatic heterocycles. The van der Waals surface area contributed by atoms with Crippen molar-refractivity contribution in [1.29, 1.82) is 0 Å². The molecule has 86 heavy (non-hydrogen) atoms. The van der Waals surface area contributed by atoms with Crippen molar-refractivity contribution < 1.29 is 62.5 Å². The second-order valence-corrected chi connectivity index (χ2v) is 20.7. The van der Waals surface area contributed by atoms with E-state index < -0.39 is 69.4 Å². The summed E-state index contributed by atoms with van der Waals surface area (Å²) < 4.78 is 5.75. The highest BCUT2D eigenvalue weighted by molar-refractivity contribution is 6.27. The second-order valence-electron chi connectivity index (χ2n) is 20.7. The van der Waals surface area contributed by atoms with Crippen LogP contribution in [0.5, 0.6) is 0 Å². The van der Waals surface area contributed by atoms with Gasteiger partial charge in [-0.25, -0.2) is 4.79 Å². The Hall–Kier alpha value is -10.6. The Morgan fingerprint density at radius 3 is 1.74 bits per heavy atom. The number of hydrogen-bond donors (Lipinski definition) is 4. The summed E-state index contributed by atoms with van der Waals surface area (Å²) in [5.74, 6) is -5.03. The summed E-state index contributed by atoms with van der Waals surface area (Å²) in [4.78, 5) is 159. The number of hydrogen-bond acceptors (Lipinski definition) is 16. The normalized spacial score (nSPS) is 14.2. The van der Waals surface area contributed by atoms with Crippen molar-refractivity contribution in [3.8, 4) is 0 Å². The highest BCUT2D eigenvalue weighted by atomic mass is 16.6. The number of carbonyl (C=O) groups is 10. The molecule has 0 aliphatic carbocycles. The molecule has 6 aromatic rings. The fourth-order valence-corrected chi connectivity index (χ4v) is 10.4. The zero-order valence-electron chi connectivity index (χ0n) is 46.5. The van der Waals surface area contributed by atoms with Crippen LogP contribution >= 0.6 is 0 Å². The number of anilines is 1. The van der Waals surface area contributed by atoms with Gasteiger partial charge in [-0.2, -0.15) is 0 Å². The average molecular weight is 1170 g/mol. The highest BCUT2D eigenvalue weighted by Gasteiger charge is 2.37. The Morgan fingerprint density at radius 2 is 1.15 bits per heavy atom. The van der Waals surface area contributed by atoms with Gasteiger partial charge in [0.2, 0.25) is 17.7 Å². The molecule has 0 spiro atoms. The lowest BCUT2D eigenvalue weighted by Gasteiger charge is -2.30. The van der Waals surface area contributed by atoms with Crippen LogP contribution in [0.1, 0.15) is 91.6 Å². The smallest absolute Gasteiger partial charge is 0.410 e. The van der Waals surface area contributed by atoms with E-state index in [2.05, 4.69) is 21.3 Å². The SMILES string of the molecule is CC(NC(=O)CCCCCN1C(=O)C=CC1=O)C(=O)N[C@@H](Cc1ccccc1)C(=O)Nc1ccc(COC(=O)N(CCCNCCN2C(=O)c3cccc4cc([N+](=O)[O-])cc(c34)C2=O)CCN2C(=O)c3cccc4cc([N+](=O)[O-])cc(c34)C2=O)cc1. The molecule has 25 nitrogen and oxygen atoms in total. The molecular formula is C61H58N10O15. The lowest BCUT2D eigenvalue weighted by Crippen LogP contribution is -2.52. The number of amides is 10. The van der Waals surface area contributed by atoms with Crippen molar-refractivity contribution >= 4 is 97.9 Å². The predicted octanol–water partition coefficient (Wildman–Crippen LogP) is 5.98. The molecular weight excluding hydrogens is 1110 g/mol. The van der Waals surface area contributed by atoms with Gasteiger partial charge in [0.1, 0.15) is 18.7 Å². The molecule has 4 N–H and O–H groups in total. The molecule has 442 valence electrons. The highest BCUT2D eigenvalue weighted by Crippen LogP contribution is 2.35. The fraction of sp³-hybridized carbons (Fsp3) is 0.279.